The number of nitrogens with one attached hydrogen (secondary N) is 3. The Hall–Kier alpha value is -6.39. The van der Waals surface area contributed by atoms with Crippen molar-refractivity contribution < 1.29 is 23.9 Å². The maximum Gasteiger partial charge on any atom is 0.255 e. The molecule has 59 heavy (non-hydrogen) atoms. The monoisotopic (exact) mass is 819 g/mol. The topological polar surface area (TPSA) is 180 Å². The molecule has 2 saturated heterocycles. The number of amides is 4. The maximum atomic E-state index is 13.2. The first kappa shape index (κ1) is 40.8. The molecule has 0 bridgehead atoms. The van der Waals surface area contributed by atoms with Crippen LogP contribution in [0.5, 0.6) is 5.75 Å². The molecule has 3 aliphatic heterocycles. The van der Waals surface area contributed by atoms with Gasteiger partial charge in [-0.15, -0.1) is 22.6 Å². The quantitative estimate of drug-likeness (QED) is 0.147. The fraction of sp³-hybridized carbons (Fsp3) is 0.333. The van der Waals surface area contributed by atoms with Crippen molar-refractivity contribution in [2.75, 3.05) is 49.5 Å². The molecular formula is C42H46ClN11O5. The highest BCUT2D eigenvalue weighted by Gasteiger charge is 2.39. The zero-order chi connectivity index (χ0) is 40.2. The van der Waals surface area contributed by atoms with Crippen LogP contribution in [0, 0.1) is 0 Å². The molecule has 2 aromatic heterocycles. The van der Waals surface area contributed by atoms with E-state index in [0.717, 1.165) is 66.8 Å². The lowest BCUT2D eigenvalue weighted by atomic mass is 10.0. The summed E-state index contributed by atoms with van der Waals surface area (Å²) in [5.41, 5.74) is 5.58. The van der Waals surface area contributed by atoms with Gasteiger partial charge in [0.05, 0.1) is 12.6 Å². The van der Waals surface area contributed by atoms with Crippen molar-refractivity contribution in [3.63, 3.8) is 0 Å². The fourth-order valence-electron chi connectivity index (χ4n) is 7.61. The molecule has 0 saturated carbocycles. The molecule has 0 aliphatic carbocycles. The van der Waals surface area contributed by atoms with Crippen LogP contribution in [0.15, 0.2) is 85.3 Å². The van der Waals surface area contributed by atoms with Crippen molar-refractivity contribution in [3.05, 3.63) is 113 Å². The number of ether oxygens (including phenoxy) is 1. The van der Waals surface area contributed by atoms with E-state index in [2.05, 4.69) is 52.0 Å². The van der Waals surface area contributed by atoms with Crippen LogP contribution in [-0.2, 0) is 29.7 Å². The molecule has 5 heterocycles. The smallest absolute Gasteiger partial charge is 0.255 e. The lowest BCUT2D eigenvalue weighted by Gasteiger charge is -2.36. The number of rotatable bonds is 13. The third-order valence-electron chi connectivity index (χ3n) is 11.0. The van der Waals surface area contributed by atoms with Crippen LogP contribution in [0.4, 0.5) is 11.4 Å². The molecule has 0 radical (unpaired) electrons. The van der Waals surface area contributed by atoms with E-state index < -0.39 is 11.9 Å². The molecular weight excluding hydrogens is 774 g/mol. The Kier molecular flexibility index (Phi) is 12.5. The third-order valence-corrected chi connectivity index (χ3v) is 11.0. The van der Waals surface area contributed by atoms with E-state index in [1.54, 1.807) is 23.2 Å². The number of piperidine rings is 1. The van der Waals surface area contributed by atoms with E-state index in [1.807, 2.05) is 73.1 Å². The van der Waals surface area contributed by atoms with Gasteiger partial charge in [-0.05, 0) is 79.1 Å². The summed E-state index contributed by atoms with van der Waals surface area (Å²) in [5, 5.41) is 17.4. The van der Waals surface area contributed by atoms with E-state index in [0.29, 0.717) is 48.8 Å². The van der Waals surface area contributed by atoms with Crippen LogP contribution < -0.4 is 25.6 Å². The third kappa shape index (κ3) is 9.18. The lowest BCUT2D eigenvalue weighted by Crippen LogP contribution is -2.52. The number of fused-ring (bicyclic) bond motifs is 1. The van der Waals surface area contributed by atoms with Gasteiger partial charge in [-0.3, -0.25) is 29.4 Å². The summed E-state index contributed by atoms with van der Waals surface area (Å²) in [6, 6.07) is 22.0. The summed E-state index contributed by atoms with van der Waals surface area (Å²) in [4.78, 5) is 64.8. The first-order valence-corrected chi connectivity index (χ1v) is 19.5. The van der Waals surface area contributed by atoms with Gasteiger partial charge in [-0.2, -0.15) is 0 Å². The number of hydrogen-bond acceptors (Lipinski definition) is 12. The minimum Gasteiger partial charge on any atom is -0.492 e. The van der Waals surface area contributed by atoms with Crippen molar-refractivity contribution in [1.29, 1.82) is 0 Å². The summed E-state index contributed by atoms with van der Waals surface area (Å²) in [7, 11) is 1.88. The average Bonchev–Trinajstić information content (AvgIpc) is 3.78. The number of aromatic nitrogens is 5. The Morgan fingerprint density at radius 2 is 1.80 bits per heavy atom. The average molecular weight is 820 g/mol. The second kappa shape index (κ2) is 18.0. The molecule has 3 N–H and O–H groups in total. The molecule has 1 unspecified atom stereocenters. The number of anilines is 2. The SMILES string of the molecule is C[C@@H](NC(=O)c1cccc(NCc2nnc(-c3ccncn3)n2C)c1)c1ccc(OCCN2CCN(c3ccc4c(c3)CN(C3CCC(=O)NC3=O)C4=O)CC2)cc1.Cl. The molecule has 3 aliphatic rings. The number of imide groups is 1. The zero-order valence-electron chi connectivity index (χ0n) is 32.8. The molecule has 0 spiro atoms. The van der Waals surface area contributed by atoms with Gasteiger partial charge in [0.2, 0.25) is 11.8 Å². The van der Waals surface area contributed by atoms with Crippen LogP contribution in [-0.4, -0.2) is 104 Å². The highest BCUT2D eigenvalue weighted by molar-refractivity contribution is 6.05. The van der Waals surface area contributed by atoms with Crippen molar-refractivity contribution in [2.45, 2.75) is 44.9 Å². The standard InChI is InChI=1S/C42H45N11O5.ClH/c1-27(46-40(55)29-4-3-5-31(22-29)44-24-37-48-49-39(50(37)2)35-14-15-43-26-45-35)28-6-9-33(10-7-28)58-21-20-51-16-18-52(19-17-51)32-8-11-34-30(23-32)25-53(42(34)57)36-12-13-38(54)47-41(36)56;/h3-11,14-15,22-23,26-27,36,44H,12-13,16-21,24-25H2,1-2H3,(H,46,55)(H,47,54,56);1H/t27-,36?;/m1./s1. The van der Waals surface area contributed by atoms with Crippen molar-refractivity contribution >= 4 is 47.4 Å². The van der Waals surface area contributed by atoms with Gasteiger partial charge in [0.15, 0.2) is 11.6 Å². The van der Waals surface area contributed by atoms with Gasteiger partial charge < -0.3 is 29.7 Å². The van der Waals surface area contributed by atoms with E-state index >= 15 is 0 Å². The lowest BCUT2D eigenvalue weighted by molar-refractivity contribution is -0.136. The Labute approximate surface area is 347 Å². The number of halogens is 1. The van der Waals surface area contributed by atoms with Crippen LogP contribution in [0.2, 0.25) is 0 Å². The molecule has 17 heteroatoms. The molecule has 4 amide bonds. The Balaban J connectivity index is 0.00000528. The summed E-state index contributed by atoms with van der Waals surface area (Å²) >= 11 is 0. The summed E-state index contributed by atoms with van der Waals surface area (Å²) < 4.78 is 7.96. The van der Waals surface area contributed by atoms with E-state index in [4.69, 9.17) is 4.74 Å². The number of hydrogen-bond donors (Lipinski definition) is 3. The number of carbonyl (C=O) groups is 4. The number of piperazine rings is 1. The normalized spacial score (nSPS) is 17.2. The molecule has 306 valence electrons. The summed E-state index contributed by atoms with van der Waals surface area (Å²) in [5.74, 6) is 1.11. The van der Waals surface area contributed by atoms with Crippen molar-refractivity contribution in [3.8, 4) is 17.3 Å². The largest absolute Gasteiger partial charge is 0.492 e. The molecule has 16 nitrogen and oxygen atoms in total. The summed E-state index contributed by atoms with van der Waals surface area (Å²) in [6.07, 6.45) is 3.73. The van der Waals surface area contributed by atoms with E-state index in [-0.39, 0.29) is 42.6 Å². The van der Waals surface area contributed by atoms with E-state index in [1.165, 1.54) is 6.33 Å². The number of carbonyl (C=O) groups excluding carboxylic acids is 4. The molecule has 5 aromatic rings. The molecule has 2 fully saturated rings. The maximum absolute atomic E-state index is 13.2. The molecule has 8 rings (SSSR count). The van der Waals surface area contributed by atoms with Crippen molar-refractivity contribution in [2.24, 2.45) is 7.05 Å². The molecule has 3 aromatic carbocycles. The van der Waals surface area contributed by atoms with Gasteiger partial charge >= 0.3 is 0 Å². The predicted molar refractivity (Wildman–Crippen MR) is 222 cm³/mol. The highest BCUT2D eigenvalue weighted by atomic mass is 35.5. The fourth-order valence-corrected chi connectivity index (χ4v) is 7.61. The van der Waals surface area contributed by atoms with Gasteiger partial charge in [0.1, 0.15) is 30.4 Å². The first-order chi connectivity index (χ1) is 28.2. The van der Waals surface area contributed by atoms with Gasteiger partial charge in [0.25, 0.3) is 11.8 Å². The zero-order valence-corrected chi connectivity index (χ0v) is 33.7. The van der Waals surface area contributed by atoms with Crippen molar-refractivity contribution in [1.82, 2.24) is 45.2 Å². The number of nitrogens with zero attached hydrogens (tertiary/aromatic N) is 8. The molecule has 2 atom stereocenters. The second-order valence-electron chi connectivity index (χ2n) is 14.7. The first-order valence-electron chi connectivity index (χ1n) is 19.5. The van der Waals surface area contributed by atoms with Crippen LogP contribution >= 0.6 is 12.4 Å². The minimum absolute atomic E-state index is 0. The minimum atomic E-state index is -0.616. The summed E-state index contributed by atoms with van der Waals surface area (Å²) in [6.45, 7) is 7.53. The van der Waals surface area contributed by atoms with E-state index in [9.17, 15) is 19.2 Å². The highest BCUT2D eigenvalue weighted by Crippen LogP contribution is 2.31. The second-order valence-corrected chi connectivity index (χ2v) is 14.7. The Morgan fingerprint density at radius 3 is 2.56 bits per heavy atom. The van der Waals surface area contributed by atoms with Gasteiger partial charge in [-0.25, -0.2) is 9.97 Å². The van der Waals surface area contributed by atoms with Crippen LogP contribution in [0.25, 0.3) is 11.5 Å². The van der Waals surface area contributed by atoms with Gasteiger partial charge in [0, 0.05) is 81.4 Å². The Morgan fingerprint density at radius 1 is 0.983 bits per heavy atom. The van der Waals surface area contributed by atoms with Crippen LogP contribution in [0.1, 0.15) is 63.5 Å². The predicted octanol–water partition coefficient (Wildman–Crippen LogP) is 3.76. The Bertz CT molecular complexity index is 2320. The van der Waals surface area contributed by atoms with Crippen LogP contribution in [0.3, 0.4) is 0 Å². The van der Waals surface area contributed by atoms with Gasteiger partial charge in [-0.1, -0.05) is 18.2 Å². The number of benzene rings is 3.